The molecule has 3 fully saturated rings. The molecule has 0 aromatic carbocycles. The van der Waals surface area contributed by atoms with E-state index in [-0.39, 0.29) is 6.10 Å². The van der Waals surface area contributed by atoms with Gasteiger partial charge in [-0.3, -0.25) is 4.90 Å². The SMILES string of the molecule is CN1CC(Br)CC2C3CC3C(O)C21. The molecule has 1 aliphatic heterocycles. The Bertz CT molecular complexity index is 235. The molecule has 0 radical (unpaired) electrons. The topological polar surface area (TPSA) is 23.5 Å². The summed E-state index contributed by atoms with van der Waals surface area (Å²) in [5, 5.41) is 10.0. The second kappa shape index (κ2) is 2.71. The molecular weight excluding hydrogens is 230 g/mol. The summed E-state index contributed by atoms with van der Waals surface area (Å²) in [5.74, 6) is 2.26. The van der Waals surface area contributed by atoms with Gasteiger partial charge in [0, 0.05) is 17.4 Å². The number of likely N-dealkylation sites (tertiary alicyclic amines) is 1. The summed E-state index contributed by atoms with van der Waals surface area (Å²) < 4.78 is 0. The first-order valence-corrected chi connectivity index (χ1v) is 6.12. The zero-order valence-electron chi connectivity index (χ0n) is 7.86. The molecule has 6 unspecified atom stereocenters. The number of fused-ring (bicyclic) bond motifs is 3. The highest BCUT2D eigenvalue weighted by Gasteiger charge is 2.61. The average Bonchev–Trinajstić information content (AvgIpc) is 2.75. The summed E-state index contributed by atoms with van der Waals surface area (Å²) in [5.41, 5.74) is 0. The Hall–Kier alpha value is 0.400. The highest BCUT2D eigenvalue weighted by molar-refractivity contribution is 9.09. The number of aliphatic hydroxyl groups is 1. The van der Waals surface area contributed by atoms with Gasteiger partial charge in [0.15, 0.2) is 0 Å². The van der Waals surface area contributed by atoms with Crippen molar-refractivity contribution in [3.8, 4) is 0 Å². The predicted octanol–water partition coefficient (Wildman–Crippen LogP) is 1.08. The van der Waals surface area contributed by atoms with Crippen LogP contribution in [0.5, 0.6) is 0 Å². The Balaban J connectivity index is 1.85. The van der Waals surface area contributed by atoms with Crippen molar-refractivity contribution in [3.63, 3.8) is 0 Å². The molecular formula is C10H16BrNO. The van der Waals surface area contributed by atoms with Gasteiger partial charge in [-0.1, -0.05) is 15.9 Å². The third kappa shape index (κ3) is 1.13. The third-order valence-corrected chi connectivity index (χ3v) is 4.85. The quantitative estimate of drug-likeness (QED) is 0.646. The molecule has 13 heavy (non-hydrogen) atoms. The molecule has 6 atom stereocenters. The van der Waals surface area contributed by atoms with E-state index in [0.29, 0.717) is 16.8 Å². The third-order valence-electron chi connectivity index (χ3n) is 4.19. The van der Waals surface area contributed by atoms with E-state index >= 15 is 0 Å². The molecule has 1 heterocycles. The van der Waals surface area contributed by atoms with Crippen LogP contribution < -0.4 is 0 Å². The van der Waals surface area contributed by atoms with Crippen LogP contribution in [0.4, 0.5) is 0 Å². The lowest BCUT2D eigenvalue weighted by atomic mass is 9.87. The normalized spacial score (nSPS) is 60.2. The average molecular weight is 246 g/mol. The molecule has 74 valence electrons. The number of rotatable bonds is 0. The fourth-order valence-electron chi connectivity index (χ4n) is 3.59. The molecule has 1 saturated heterocycles. The van der Waals surface area contributed by atoms with Crippen molar-refractivity contribution in [3.05, 3.63) is 0 Å². The second-order valence-corrected chi connectivity index (χ2v) is 6.28. The monoisotopic (exact) mass is 245 g/mol. The van der Waals surface area contributed by atoms with Gasteiger partial charge in [0.1, 0.15) is 0 Å². The van der Waals surface area contributed by atoms with Crippen LogP contribution in [0, 0.1) is 17.8 Å². The maximum absolute atomic E-state index is 10.0. The summed E-state index contributed by atoms with van der Waals surface area (Å²) in [6.45, 7) is 1.09. The minimum absolute atomic E-state index is 0.0278. The van der Waals surface area contributed by atoms with Gasteiger partial charge in [0.25, 0.3) is 0 Å². The molecule has 1 N–H and O–H groups in total. The Morgan fingerprint density at radius 2 is 2.00 bits per heavy atom. The predicted molar refractivity (Wildman–Crippen MR) is 54.8 cm³/mol. The van der Waals surface area contributed by atoms with Gasteiger partial charge in [-0.25, -0.2) is 0 Å². The number of hydrogen-bond acceptors (Lipinski definition) is 2. The molecule has 0 aromatic heterocycles. The lowest BCUT2D eigenvalue weighted by Gasteiger charge is -2.40. The first-order valence-electron chi connectivity index (χ1n) is 5.21. The number of alkyl halides is 1. The van der Waals surface area contributed by atoms with Crippen LogP contribution >= 0.6 is 15.9 Å². The number of aliphatic hydroxyl groups excluding tert-OH is 1. The summed E-state index contributed by atoms with van der Waals surface area (Å²) in [4.78, 5) is 3.00. The lowest BCUT2D eigenvalue weighted by Crippen LogP contribution is -2.51. The molecule has 2 nitrogen and oxygen atoms in total. The number of likely N-dealkylation sites (N-methyl/N-ethyl adjacent to an activating group) is 1. The van der Waals surface area contributed by atoms with Crippen LogP contribution in [0.15, 0.2) is 0 Å². The van der Waals surface area contributed by atoms with E-state index in [1.807, 2.05) is 0 Å². The van der Waals surface area contributed by atoms with Crippen LogP contribution in [0.1, 0.15) is 12.8 Å². The van der Waals surface area contributed by atoms with E-state index in [1.54, 1.807) is 0 Å². The fraction of sp³-hybridized carbons (Fsp3) is 1.00. The molecule has 2 aliphatic carbocycles. The molecule has 3 rings (SSSR count). The van der Waals surface area contributed by atoms with Gasteiger partial charge >= 0.3 is 0 Å². The van der Waals surface area contributed by atoms with Gasteiger partial charge in [0.05, 0.1) is 6.10 Å². The van der Waals surface area contributed by atoms with E-state index in [2.05, 4.69) is 27.9 Å². The van der Waals surface area contributed by atoms with Crippen molar-refractivity contribution >= 4 is 15.9 Å². The molecule has 0 bridgehead atoms. The van der Waals surface area contributed by atoms with E-state index in [4.69, 9.17) is 0 Å². The fourth-order valence-corrected chi connectivity index (χ4v) is 4.47. The van der Waals surface area contributed by atoms with E-state index in [0.717, 1.165) is 18.4 Å². The lowest BCUT2D eigenvalue weighted by molar-refractivity contribution is 0.0263. The zero-order valence-corrected chi connectivity index (χ0v) is 9.44. The Kier molecular flexibility index (Phi) is 1.81. The first kappa shape index (κ1) is 8.69. The van der Waals surface area contributed by atoms with Gasteiger partial charge in [-0.2, -0.15) is 0 Å². The Labute approximate surface area is 87.4 Å². The smallest absolute Gasteiger partial charge is 0.0729 e. The van der Waals surface area contributed by atoms with Crippen LogP contribution in [0.2, 0.25) is 0 Å². The number of hydrogen-bond donors (Lipinski definition) is 1. The molecule has 3 aliphatic rings. The number of piperidine rings is 1. The zero-order chi connectivity index (χ0) is 9.16. The maximum atomic E-state index is 10.0. The van der Waals surface area contributed by atoms with E-state index in [9.17, 15) is 5.11 Å². The molecule has 0 aromatic rings. The summed E-state index contributed by atoms with van der Waals surface area (Å²) >= 11 is 3.71. The minimum Gasteiger partial charge on any atom is -0.391 e. The van der Waals surface area contributed by atoms with Crippen LogP contribution in [0.25, 0.3) is 0 Å². The van der Waals surface area contributed by atoms with Crippen molar-refractivity contribution in [1.29, 1.82) is 0 Å². The summed E-state index contributed by atoms with van der Waals surface area (Å²) in [6, 6.07) is 0.470. The largest absolute Gasteiger partial charge is 0.391 e. The van der Waals surface area contributed by atoms with Crippen molar-refractivity contribution in [2.24, 2.45) is 17.8 Å². The number of halogens is 1. The van der Waals surface area contributed by atoms with Crippen molar-refractivity contribution in [2.75, 3.05) is 13.6 Å². The van der Waals surface area contributed by atoms with Gasteiger partial charge < -0.3 is 5.11 Å². The van der Waals surface area contributed by atoms with E-state index < -0.39 is 0 Å². The standard InChI is InChI=1S/C10H16BrNO/c1-12-4-5(11)2-7-6-3-8(6)10(13)9(7)12/h5-10,13H,2-4H2,1H3. The van der Waals surface area contributed by atoms with Crippen molar-refractivity contribution in [2.45, 2.75) is 29.8 Å². The number of nitrogens with zero attached hydrogens (tertiary/aromatic N) is 1. The molecule has 2 saturated carbocycles. The van der Waals surface area contributed by atoms with Crippen molar-refractivity contribution < 1.29 is 5.11 Å². The highest BCUT2D eigenvalue weighted by Crippen LogP contribution is 2.59. The van der Waals surface area contributed by atoms with Gasteiger partial charge in [-0.15, -0.1) is 0 Å². The second-order valence-electron chi connectivity index (χ2n) is 4.98. The summed E-state index contributed by atoms with van der Waals surface area (Å²) in [6.07, 6.45) is 2.53. The molecule has 3 heteroatoms. The van der Waals surface area contributed by atoms with E-state index in [1.165, 1.54) is 12.8 Å². The summed E-state index contributed by atoms with van der Waals surface area (Å²) in [7, 11) is 2.15. The van der Waals surface area contributed by atoms with Crippen LogP contribution in [0.3, 0.4) is 0 Å². The van der Waals surface area contributed by atoms with Gasteiger partial charge in [-0.05, 0) is 37.6 Å². The van der Waals surface area contributed by atoms with Crippen molar-refractivity contribution in [1.82, 2.24) is 4.90 Å². The van der Waals surface area contributed by atoms with Crippen LogP contribution in [-0.2, 0) is 0 Å². The molecule has 0 amide bonds. The minimum atomic E-state index is -0.0278. The highest BCUT2D eigenvalue weighted by atomic mass is 79.9. The maximum Gasteiger partial charge on any atom is 0.0729 e. The molecule has 0 spiro atoms. The van der Waals surface area contributed by atoms with Gasteiger partial charge in [0.2, 0.25) is 0 Å². The van der Waals surface area contributed by atoms with Crippen LogP contribution in [-0.4, -0.2) is 40.6 Å². The Morgan fingerprint density at radius 3 is 2.77 bits per heavy atom. The Morgan fingerprint density at radius 1 is 1.23 bits per heavy atom. The first-order chi connectivity index (χ1) is 6.18.